The molecule has 1 atom stereocenters. The van der Waals surface area contributed by atoms with Crippen molar-refractivity contribution < 1.29 is 4.74 Å². The molecule has 1 aliphatic rings. The first-order chi connectivity index (χ1) is 15.1. The predicted octanol–water partition coefficient (Wildman–Crippen LogP) is 2.30. The van der Waals surface area contributed by atoms with Crippen LogP contribution in [-0.2, 0) is 7.05 Å². The number of halogens is 1. The zero-order valence-electron chi connectivity index (χ0n) is 19.8. The van der Waals surface area contributed by atoms with Crippen molar-refractivity contribution in [3.63, 3.8) is 0 Å². The summed E-state index contributed by atoms with van der Waals surface area (Å²) in [5, 5.41) is 7.80. The highest BCUT2D eigenvalue weighted by Crippen LogP contribution is 2.18. The fourth-order valence-corrected chi connectivity index (χ4v) is 3.77. The van der Waals surface area contributed by atoms with Crippen LogP contribution >= 0.6 is 24.0 Å². The Morgan fingerprint density at radius 1 is 1.19 bits per heavy atom. The highest BCUT2D eigenvalue weighted by atomic mass is 127. The van der Waals surface area contributed by atoms with Crippen molar-refractivity contribution >= 4 is 29.9 Å². The zero-order valence-corrected chi connectivity index (χ0v) is 22.1. The van der Waals surface area contributed by atoms with Gasteiger partial charge in [-0.2, -0.15) is 5.10 Å². The molecular weight excluding hydrogens is 517 g/mol. The van der Waals surface area contributed by atoms with Gasteiger partial charge in [-0.25, -0.2) is 0 Å². The Morgan fingerprint density at radius 2 is 1.91 bits per heavy atom. The number of hydrogen-bond donors (Lipinski definition) is 1. The summed E-state index contributed by atoms with van der Waals surface area (Å²) in [4.78, 5) is 12.0. The molecule has 2 aromatic rings. The summed E-state index contributed by atoms with van der Waals surface area (Å²) in [6, 6.07) is 10.2. The molecule has 1 N–H and O–H groups in total. The number of para-hydroxylation sites is 1. The van der Waals surface area contributed by atoms with E-state index >= 15 is 0 Å². The molecular formula is C23H38IN7O. The van der Waals surface area contributed by atoms with E-state index in [1.165, 1.54) is 5.56 Å². The first-order valence-corrected chi connectivity index (χ1v) is 11.1. The standard InChI is InChI=1S/C23H37N7O.HI/c1-5-24-23(25-18-22(27(2)3)20-17-26-28(4)19-20)30-13-11-29(12-14-30)15-16-31-21-9-7-6-8-10-21;/h6-10,17,19,22H,5,11-16,18H2,1-4H3,(H,24,25);1H. The molecule has 0 aliphatic carbocycles. The van der Waals surface area contributed by atoms with Crippen molar-refractivity contribution in [1.82, 2.24) is 29.8 Å². The summed E-state index contributed by atoms with van der Waals surface area (Å²) in [5.41, 5.74) is 1.19. The van der Waals surface area contributed by atoms with Gasteiger partial charge >= 0.3 is 0 Å². The Balaban J connectivity index is 0.00000363. The van der Waals surface area contributed by atoms with Gasteiger partial charge in [0.1, 0.15) is 12.4 Å². The van der Waals surface area contributed by atoms with Crippen LogP contribution in [0.15, 0.2) is 47.7 Å². The van der Waals surface area contributed by atoms with Gasteiger partial charge in [-0.05, 0) is 33.2 Å². The second kappa shape index (κ2) is 13.6. The molecule has 1 aromatic heterocycles. The molecule has 0 radical (unpaired) electrons. The second-order valence-corrected chi connectivity index (χ2v) is 8.11. The highest BCUT2D eigenvalue weighted by molar-refractivity contribution is 14.0. The van der Waals surface area contributed by atoms with Crippen molar-refractivity contribution in [3.8, 4) is 5.75 Å². The Kier molecular flexibility index (Phi) is 11.3. The average molecular weight is 556 g/mol. The van der Waals surface area contributed by atoms with Gasteiger partial charge in [-0.3, -0.25) is 14.6 Å². The third-order valence-corrected chi connectivity index (χ3v) is 5.57. The van der Waals surface area contributed by atoms with Crippen molar-refractivity contribution in [2.45, 2.75) is 13.0 Å². The Labute approximate surface area is 209 Å². The predicted molar refractivity (Wildman–Crippen MR) is 141 cm³/mol. The fourth-order valence-electron chi connectivity index (χ4n) is 3.77. The maximum atomic E-state index is 5.85. The summed E-state index contributed by atoms with van der Waals surface area (Å²) in [5.74, 6) is 1.94. The van der Waals surface area contributed by atoms with Crippen LogP contribution in [0.3, 0.4) is 0 Å². The van der Waals surface area contributed by atoms with Crippen LogP contribution in [0.5, 0.6) is 5.75 Å². The molecule has 32 heavy (non-hydrogen) atoms. The molecule has 8 nitrogen and oxygen atoms in total. The third kappa shape index (κ3) is 7.93. The lowest BCUT2D eigenvalue weighted by Crippen LogP contribution is -2.53. The van der Waals surface area contributed by atoms with E-state index in [2.05, 4.69) is 52.3 Å². The molecule has 3 rings (SSSR count). The van der Waals surface area contributed by atoms with E-state index in [-0.39, 0.29) is 30.0 Å². The number of piperazine rings is 1. The molecule has 1 aliphatic heterocycles. The van der Waals surface area contributed by atoms with E-state index in [1.54, 1.807) is 0 Å². The maximum absolute atomic E-state index is 5.85. The number of nitrogens with one attached hydrogen (secondary N) is 1. The number of nitrogens with zero attached hydrogens (tertiary/aromatic N) is 6. The first-order valence-electron chi connectivity index (χ1n) is 11.1. The maximum Gasteiger partial charge on any atom is 0.194 e. The minimum atomic E-state index is 0. The van der Waals surface area contributed by atoms with Gasteiger partial charge in [0.25, 0.3) is 0 Å². The van der Waals surface area contributed by atoms with Gasteiger partial charge in [0.2, 0.25) is 0 Å². The van der Waals surface area contributed by atoms with Crippen LogP contribution in [-0.4, -0.2) is 97.0 Å². The molecule has 178 valence electrons. The van der Waals surface area contributed by atoms with Gasteiger partial charge in [0.05, 0.1) is 18.8 Å². The van der Waals surface area contributed by atoms with E-state index in [4.69, 9.17) is 9.73 Å². The number of aliphatic imine (C=N–C) groups is 1. The largest absolute Gasteiger partial charge is 0.492 e. The van der Waals surface area contributed by atoms with Crippen molar-refractivity contribution in [2.24, 2.45) is 12.0 Å². The van der Waals surface area contributed by atoms with Crippen LogP contribution in [0, 0.1) is 0 Å². The topological polar surface area (TPSA) is 61.2 Å². The van der Waals surface area contributed by atoms with Crippen LogP contribution in [0.2, 0.25) is 0 Å². The minimum absolute atomic E-state index is 0. The van der Waals surface area contributed by atoms with Gasteiger partial charge in [0, 0.05) is 58.1 Å². The average Bonchev–Trinajstić information content (AvgIpc) is 3.20. The minimum Gasteiger partial charge on any atom is -0.492 e. The van der Waals surface area contributed by atoms with Crippen LogP contribution in [0.1, 0.15) is 18.5 Å². The quantitative estimate of drug-likeness (QED) is 0.291. The van der Waals surface area contributed by atoms with E-state index in [9.17, 15) is 0 Å². The summed E-state index contributed by atoms with van der Waals surface area (Å²) < 4.78 is 7.70. The van der Waals surface area contributed by atoms with Gasteiger partial charge < -0.3 is 19.9 Å². The molecule has 0 saturated carbocycles. The number of ether oxygens (including phenoxy) is 1. The molecule has 0 bridgehead atoms. The Hall–Kier alpha value is -1.85. The molecule has 9 heteroatoms. The fraction of sp³-hybridized carbons (Fsp3) is 0.565. The summed E-state index contributed by atoms with van der Waals surface area (Å²) in [7, 11) is 6.14. The van der Waals surface area contributed by atoms with Crippen LogP contribution in [0.4, 0.5) is 0 Å². The Morgan fingerprint density at radius 3 is 2.50 bits per heavy atom. The van der Waals surface area contributed by atoms with Gasteiger partial charge in [-0.1, -0.05) is 18.2 Å². The third-order valence-electron chi connectivity index (χ3n) is 5.57. The zero-order chi connectivity index (χ0) is 22.1. The van der Waals surface area contributed by atoms with Crippen molar-refractivity contribution in [3.05, 3.63) is 48.3 Å². The van der Waals surface area contributed by atoms with E-state index < -0.39 is 0 Å². The SMILES string of the molecule is CCNC(=NCC(c1cnn(C)c1)N(C)C)N1CCN(CCOc2ccccc2)CC1.I. The number of aryl methyl sites for hydroxylation is 1. The molecule has 1 unspecified atom stereocenters. The van der Waals surface area contributed by atoms with Gasteiger partial charge in [0.15, 0.2) is 5.96 Å². The van der Waals surface area contributed by atoms with E-state index in [0.29, 0.717) is 13.2 Å². The van der Waals surface area contributed by atoms with Crippen LogP contribution in [0.25, 0.3) is 0 Å². The van der Waals surface area contributed by atoms with Crippen molar-refractivity contribution in [1.29, 1.82) is 0 Å². The normalized spacial score (nSPS) is 16.0. The molecule has 2 heterocycles. The number of rotatable bonds is 9. The molecule has 1 saturated heterocycles. The second-order valence-electron chi connectivity index (χ2n) is 8.11. The molecule has 0 spiro atoms. The van der Waals surface area contributed by atoms with E-state index in [1.807, 2.05) is 48.3 Å². The molecule has 0 amide bonds. The lowest BCUT2D eigenvalue weighted by molar-refractivity contribution is 0.152. The van der Waals surface area contributed by atoms with E-state index in [0.717, 1.165) is 51.0 Å². The monoisotopic (exact) mass is 555 g/mol. The molecule has 1 fully saturated rings. The number of likely N-dealkylation sites (N-methyl/N-ethyl adjacent to an activating group) is 1. The Bertz CT molecular complexity index is 804. The summed E-state index contributed by atoms with van der Waals surface area (Å²) >= 11 is 0. The highest BCUT2D eigenvalue weighted by Gasteiger charge is 2.21. The van der Waals surface area contributed by atoms with Gasteiger partial charge in [-0.15, -0.1) is 24.0 Å². The lowest BCUT2D eigenvalue weighted by atomic mass is 10.1. The van der Waals surface area contributed by atoms with Crippen molar-refractivity contribution in [2.75, 3.05) is 66.5 Å². The van der Waals surface area contributed by atoms with Crippen LogP contribution < -0.4 is 10.1 Å². The lowest BCUT2D eigenvalue weighted by Gasteiger charge is -2.36. The number of hydrogen-bond acceptors (Lipinski definition) is 5. The number of aromatic nitrogens is 2. The number of guanidine groups is 1. The number of benzene rings is 1. The smallest absolute Gasteiger partial charge is 0.194 e. The molecule has 1 aromatic carbocycles. The summed E-state index contributed by atoms with van der Waals surface area (Å²) in [6.07, 6.45) is 4.01. The summed E-state index contributed by atoms with van der Waals surface area (Å²) in [6.45, 7) is 9.32. The first kappa shape index (κ1) is 26.4.